The first-order chi connectivity index (χ1) is 7.79. The van der Waals surface area contributed by atoms with E-state index in [4.69, 9.17) is 5.73 Å². The Balaban J connectivity index is 0.00000144. The summed E-state index contributed by atoms with van der Waals surface area (Å²) in [6.07, 6.45) is 10.2. The molecule has 2 unspecified atom stereocenters. The summed E-state index contributed by atoms with van der Waals surface area (Å²) in [6.45, 7) is 5.83. The van der Waals surface area contributed by atoms with Crippen molar-refractivity contribution in [1.82, 2.24) is 4.90 Å². The van der Waals surface area contributed by atoms with Crippen molar-refractivity contribution in [1.29, 1.82) is 0 Å². The molecule has 1 saturated carbocycles. The lowest BCUT2D eigenvalue weighted by atomic mass is 9.87. The number of likely N-dealkylation sites (tertiary alicyclic amines) is 1. The number of hydrogen-bond donors (Lipinski definition) is 1. The lowest BCUT2D eigenvalue weighted by Crippen LogP contribution is -2.30. The topological polar surface area (TPSA) is 29.3 Å². The van der Waals surface area contributed by atoms with Gasteiger partial charge in [-0.15, -0.1) is 12.4 Å². The molecular formula is C14H29ClN2. The fourth-order valence-electron chi connectivity index (χ4n) is 3.52. The molecule has 1 aliphatic carbocycles. The molecule has 1 aliphatic heterocycles. The Morgan fingerprint density at radius 1 is 1.12 bits per heavy atom. The van der Waals surface area contributed by atoms with Gasteiger partial charge in [-0.05, 0) is 44.7 Å². The predicted octanol–water partition coefficient (Wildman–Crippen LogP) is 3.05. The van der Waals surface area contributed by atoms with Gasteiger partial charge in [-0.2, -0.15) is 0 Å². The second kappa shape index (κ2) is 7.60. The lowest BCUT2D eigenvalue weighted by molar-refractivity contribution is 0.224. The minimum absolute atomic E-state index is 0. The first-order valence-corrected chi connectivity index (χ1v) is 7.23. The molecule has 0 amide bonds. The Hall–Kier alpha value is 0.210. The van der Waals surface area contributed by atoms with E-state index < -0.39 is 0 Å². The minimum atomic E-state index is 0. The van der Waals surface area contributed by atoms with Crippen molar-refractivity contribution in [3.8, 4) is 0 Å². The third-order valence-corrected chi connectivity index (χ3v) is 4.67. The normalized spacial score (nSPS) is 31.4. The van der Waals surface area contributed by atoms with Crippen LogP contribution in [0, 0.1) is 11.8 Å². The van der Waals surface area contributed by atoms with Crippen LogP contribution in [0.3, 0.4) is 0 Å². The van der Waals surface area contributed by atoms with Crippen molar-refractivity contribution in [2.45, 2.75) is 57.9 Å². The first-order valence-electron chi connectivity index (χ1n) is 7.23. The maximum Gasteiger partial charge on any atom is 0.00706 e. The van der Waals surface area contributed by atoms with E-state index in [9.17, 15) is 0 Å². The van der Waals surface area contributed by atoms with Crippen molar-refractivity contribution in [3.05, 3.63) is 0 Å². The van der Waals surface area contributed by atoms with Gasteiger partial charge in [0.25, 0.3) is 0 Å². The monoisotopic (exact) mass is 260 g/mol. The van der Waals surface area contributed by atoms with E-state index in [1.54, 1.807) is 0 Å². The standard InChI is InChI=1S/C14H28N2.ClH/c1-12-9-14(10-15)11-16(12)8-7-13-5-3-2-4-6-13;/h12-14H,2-11,15H2,1H3;1H. The van der Waals surface area contributed by atoms with Crippen LogP contribution < -0.4 is 5.73 Å². The maximum absolute atomic E-state index is 5.77. The van der Waals surface area contributed by atoms with E-state index in [2.05, 4.69) is 11.8 Å². The molecule has 2 rings (SSSR count). The Morgan fingerprint density at radius 3 is 2.41 bits per heavy atom. The Morgan fingerprint density at radius 2 is 1.82 bits per heavy atom. The van der Waals surface area contributed by atoms with Crippen molar-refractivity contribution >= 4 is 12.4 Å². The molecule has 1 saturated heterocycles. The van der Waals surface area contributed by atoms with Gasteiger partial charge in [0.05, 0.1) is 0 Å². The molecule has 0 aromatic carbocycles. The zero-order valence-corrected chi connectivity index (χ0v) is 12.1. The summed E-state index contributed by atoms with van der Waals surface area (Å²) in [4.78, 5) is 2.67. The van der Waals surface area contributed by atoms with Crippen LogP contribution in [0.4, 0.5) is 0 Å². The van der Waals surface area contributed by atoms with Gasteiger partial charge in [0.1, 0.15) is 0 Å². The molecule has 0 aromatic rings. The fraction of sp³-hybridized carbons (Fsp3) is 1.00. The smallest absolute Gasteiger partial charge is 0.00706 e. The average molecular weight is 261 g/mol. The van der Waals surface area contributed by atoms with Gasteiger partial charge in [0.15, 0.2) is 0 Å². The average Bonchev–Trinajstić information content (AvgIpc) is 2.69. The van der Waals surface area contributed by atoms with Crippen LogP contribution in [0.2, 0.25) is 0 Å². The SMILES string of the molecule is CC1CC(CN)CN1CCC1CCCCC1.Cl. The van der Waals surface area contributed by atoms with E-state index >= 15 is 0 Å². The number of nitrogens with two attached hydrogens (primary N) is 1. The predicted molar refractivity (Wildman–Crippen MR) is 76.6 cm³/mol. The van der Waals surface area contributed by atoms with E-state index in [-0.39, 0.29) is 12.4 Å². The van der Waals surface area contributed by atoms with E-state index in [0.717, 1.165) is 24.4 Å². The van der Waals surface area contributed by atoms with Crippen molar-refractivity contribution < 1.29 is 0 Å². The highest BCUT2D eigenvalue weighted by Gasteiger charge is 2.28. The molecule has 3 heteroatoms. The summed E-state index contributed by atoms with van der Waals surface area (Å²) >= 11 is 0. The zero-order chi connectivity index (χ0) is 11.4. The van der Waals surface area contributed by atoms with Gasteiger partial charge in [-0.1, -0.05) is 32.1 Å². The van der Waals surface area contributed by atoms with Gasteiger partial charge >= 0.3 is 0 Å². The van der Waals surface area contributed by atoms with Crippen molar-refractivity contribution in [2.75, 3.05) is 19.6 Å². The highest BCUT2D eigenvalue weighted by Crippen LogP contribution is 2.28. The third-order valence-electron chi connectivity index (χ3n) is 4.67. The lowest BCUT2D eigenvalue weighted by Gasteiger charge is -2.26. The highest BCUT2D eigenvalue weighted by molar-refractivity contribution is 5.85. The molecule has 2 fully saturated rings. The first kappa shape index (κ1) is 15.3. The Labute approximate surface area is 113 Å². The quantitative estimate of drug-likeness (QED) is 0.842. The highest BCUT2D eigenvalue weighted by atomic mass is 35.5. The largest absolute Gasteiger partial charge is 0.330 e. The van der Waals surface area contributed by atoms with Gasteiger partial charge in [-0.25, -0.2) is 0 Å². The molecule has 2 N–H and O–H groups in total. The van der Waals surface area contributed by atoms with Crippen LogP contribution in [0.25, 0.3) is 0 Å². The molecule has 2 aliphatic rings. The molecule has 1 heterocycles. The molecular weight excluding hydrogens is 232 g/mol. The summed E-state index contributed by atoms with van der Waals surface area (Å²) in [5.74, 6) is 1.79. The minimum Gasteiger partial charge on any atom is -0.330 e. The molecule has 0 bridgehead atoms. The van der Waals surface area contributed by atoms with Crippen molar-refractivity contribution in [3.63, 3.8) is 0 Å². The van der Waals surface area contributed by atoms with Crippen LogP contribution in [0.1, 0.15) is 51.9 Å². The summed E-state index contributed by atoms with van der Waals surface area (Å²) in [7, 11) is 0. The second-order valence-electron chi connectivity index (χ2n) is 5.97. The fourth-order valence-corrected chi connectivity index (χ4v) is 3.52. The van der Waals surface area contributed by atoms with Crippen LogP contribution >= 0.6 is 12.4 Å². The molecule has 2 atom stereocenters. The van der Waals surface area contributed by atoms with E-state index in [1.165, 1.54) is 58.0 Å². The van der Waals surface area contributed by atoms with Crippen LogP contribution in [-0.4, -0.2) is 30.6 Å². The van der Waals surface area contributed by atoms with Gasteiger partial charge in [0, 0.05) is 12.6 Å². The molecule has 17 heavy (non-hydrogen) atoms. The second-order valence-corrected chi connectivity index (χ2v) is 5.97. The molecule has 2 nitrogen and oxygen atoms in total. The van der Waals surface area contributed by atoms with Crippen molar-refractivity contribution in [2.24, 2.45) is 17.6 Å². The van der Waals surface area contributed by atoms with Crippen LogP contribution in [-0.2, 0) is 0 Å². The number of nitrogens with zero attached hydrogens (tertiary/aromatic N) is 1. The number of rotatable bonds is 4. The Bertz CT molecular complexity index is 204. The molecule has 0 spiro atoms. The van der Waals surface area contributed by atoms with E-state index in [0.29, 0.717) is 0 Å². The maximum atomic E-state index is 5.77. The summed E-state index contributed by atoms with van der Waals surface area (Å²) in [5.41, 5.74) is 5.77. The van der Waals surface area contributed by atoms with Gasteiger partial charge in [-0.3, -0.25) is 0 Å². The molecule has 0 aromatic heterocycles. The number of hydrogen-bond acceptors (Lipinski definition) is 2. The number of halogens is 1. The Kier molecular flexibility index (Phi) is 6.83. The van der Waals surface area contributed by atoms with Crippen LogP contribution in [0.5, 0.6) is 0 Å². The summed E-state index contributed by atoms with van der Waals surface area (Å²) < 4.78 is 0. The molecule has 0 radical (unpaired) electrons. The summed E-state index contributed by atoms with van der Waals surface area (Å²) in [5, 5.41) is 0. The molecule has 102 valence electrons. The van der Waals surface area contributed by atoms with E-state index in [1.807, 2.05) is 0 Å². The summed E-state index contributed by atoms with van der Waals surface area (Å²) in [6, 6.07) is 0.775. The zero-order valence-electron chi connectivity index (χ0n) is 11.2. The third kappa shape index (κ3) is 4.42. The van der Waals surface area contributed by atoms with Gasteiger partial charge in [0.2, 0.25) is 0 Å². The van der Waals surface area contributed by atoms with Gasteiger partial charge < -0.3 is 10.6 Å². The van der Waals surface area contributed by atoms with Crippen LogP contribution in [0.15, 0.2) is 0 Å².